The van der Waals surface area contributed by atoms with Gasteiger partial charge in [-0.3, -0.25) is 0 Å². The Morgan fingerprint density at radius 3 is 2.11 bits per heavy atom. The Bertz CT molecular complexity index is 1020. The maximum Gasteiger partial charge on any atom is 0.416 e. The maximum atomic E-state index is 14.5. The second-order valence-electron chi connectivity index (χ2n) is 5.53. The van der Waals surface area contributed by atoms with E-state index in [1.165, 1.54) is 24.5 Å². The molecule has 1 unspecified atom stereocenters. The average molecular weight is 396 g/mol. The predicted octanol–water partition coefficient (Wildman–Crippen LogP) is 3.53. The predicted molar refractivity (Wildman–Crippen MR) is 92.9 cm³/mol. The molecule has 1 atom stereocenters. The SMILES string of the molecule is Nc1ncc(-c2ccc(-c3ccc(C(F)(F)F)cc3S(N)=O)cc2F)cn1. The van der Waals surface area contributed by atoms with Gasteiger partial charge >= 0.3 is 6.18 Å². The summed E-state index contributed by atoms with van der Waals surface area (Å²) in [6, 6.07) is 6.65. The molecule has 3 rings (SSSR count). The topological polar surface area (TPSA) is 94.9 Å². The summed E-state index contributed by atoms with van der Waals surface area (Å²) >= 11 is 0. The number of benzene rings is 2. The quantitative estimate of drug-likeness (QED) is 0.662. The van der Waals surface area contributed by atoms with Crippen molar-refractivity contribution in [2.45, 2.75) is 11.1 Å². The zero-order valence-corrected chi connectivity index (χ0v) is 14.3. The highest BCUT2D eigenvalue weighted by molar-refractivity contribution is 7.82. The van der Waals surface area contributed by atoms with Gasteiger partial charge in [-0.25, -0.2) is 23.7 Å². The van der Waals surface area contributed by atoms with Gasteiger partial charge in [-0.2, -0.15) is 13.2 Å². The summed E-state index contributed by atoms with van der Waals surface area (Å²) in [5.74, 6) is -0.620. The Hall–Kier alpha value is -2.85. The standard InChI is InChI=1S/C17H12F4N4OS/c18-14-5-9(1-3-12(14)10-7-24-16(22)25-8-10)13-4-2-11(17(19,20)21)6-15(13)27(23)26/h1-8H,23H2,(H2,22,24,25). The van der Waals surface area contributed by atoms with Crippen molar-refractivity contribution >= 4 is 16.9 Å². The molecule has 0 spiro atoms. The van der Waals surface area contributed by atoms with Crippen molar-refractivity contribution in [1.82, 2.24) is 9.97 Å². The number of halogens is 4. The van der Waals surface area contributed by atoms with Crippen LogP contribution in [0.3, 0.4) is 0 Å². The fourth-order valence-corrected chi connectivity index (χ4v) is 3.14. The van der Waals surface area contributed by atoms with Crippen LogP contribution in [0.15, 0.2) is 53.7 Å². The van der Waals surface area contributed by atoms with E-state index >= 15 is 0 Å². The van der Waals surface area contributed by atoms with Gasteiger partial charge in [0, 0.05) is 23.5 Å². The maximum absolute atomic E-state index is 14.5. The number of anilines is 1. The van der Waals surface area contributed by atoms with Gasteiger partial charge in [-0.15, -0.1) is 0 Å². The molecule has 0 bridgehead atoms. The van der Waals surface area contributed by atoms with Crippen LogP contribution in [0, 0.1) is 5.82 Å². The zero-order chi connectivity index (χ0) is 19.8. The molecule has 0 aliphatic rings. The van der Waals surface area contributed by atoms with Crippen LogP contribution in [0.4, 0.5) is 23.5 Å². The minimum absolute atomic E-state index is 0.0376. The molecule has 0 aliphatic heterocycles. The molecule has 10 heteroatoms. The first-order chi connectivity index (χ1) is 12.7. The highest BCUT2D eigenvalue weighted by Crippen LogP contribution is 2.35. The van der Waals surface area contributed by atoms with E-state index in [0.29, 0.717) is 11.6 Å². The smallest absolute Gasteiger partial charge is 0.368 e. The molecule has 0 aliphatic carbocycles. The molecule has 4 N–H and O–H groups in total. The van der Waals surface area contributed by atoms with Crippen LogP contribution in [-0.4, -0.2) is 14.2 Å². The molecule has 1 aromatic heterocycles. The lowest BCUT2D eigenvalue weighted by atomic mass is 10.00. The second-order valence-corrected chi connectivity index (χ2v) is 6.57. The van der Waals surface area contributed by atoms with E-state index in [9.17, 15) is 21.8 Å². The largest absolute Gasteiger partial charge is 0.416 e. The van der Waals surface area contributed by atoms with E-state index in [1.807, 2.05) is 0 Å². The normalized spacial score (nSPS) is 12.8. The van der Waals surface area contributed by atoms with E-state index in [4.69, 9.17) is 10.9 Å². The molecule has 0 amide bonds. The minimum atomic E-state index is -4.61. The summed E-state index contributed by atoms with van der Waals surface area (Å²) in [6.45, 7) is 0. The van der Waals surface area contributed by atoms with E-state index < -0.39 is 28.5 Å². The number of hydrogen-bond acceptors (Lipinski definition) is 4. The molecule has 140 valence electrons. The third-order valence-electron chi connectivity index (χ3n) is 3.79. The van der Waals surface area contributed by atoms with Gasteiger partial charge in [0.2, 0.25) is 5.95 Å². The molecule has 0 radical (unpaired) electrons. The van der Waals surface area contributed by atoms with Crippen LogP contribution in [0.5, 0.6) is 0 Å². The second kappa shape index (κ2) is 7.05. The Morgan fingerprint density at radius 1 is 0.926 bits per heavy atom. The van der Waals surface area contributed by atoms with Crippen LogP contribution in [0.1, 0.15) is 5.56 Å². The number of nitrogens with two attached hydrogens (primary N) is 2. The summed E-state index contributed by atoms with van der Waals surface area (Å²) in [5, 5.41) is 5.32. The summed E-state index contributed by atoms with van der Waals surface area (Å²) in [5.41, 5.74) is 5.34. The van der Waals surface area contributed by atoms with Crippen molar-refractivity contribution in [3.63, 3.8) is 0 Å². The number of hydrogen-bond donors (Lipinski definition) is 2. The highest BCUT2D eigenvalue weighted by Gasteiger charge is 2.31. The van der Waals surface area contributed by atoms with Crippen molar-refractivity contribution < 1.29 is 21.8 Å². The van der Waals surface area contributed by atoms with E-state index in [1.54, 1.807) is 0 Å². The summed E-state index contributed by atoms with van der Waals surface area (Å²) < 4.78 is 64.9. The molecule has 3 aromatic rings. The monoisotopic (exact) mass is 396 g/mol. The van der Waals surface area contributed by atoms with Gasteiger partial charge < -0.3 is 5.73 Å². The van der Waals surface area contributed by atoms with Crippen LogP contribution in [0.25, 0.3) is 22.3 Å². The fraction of sp³-hybridized carbons (Fsp3) is 0.0588. The van der Waals surface area contributed by atoms with Gasteiger partial charge in [0.15, 0.2) is 0 Å². The lowest BCUT2D eigenvalue weighted by Crippen LogP contribution is -2.10. The van der Waals surface area contributed by atoms with E-state index in [-0.39, 0.29) is 27.5 Å². The molecule has 0 saturated carbocycles. The van der Waals surface area contributed by atoms with Crippen LogP contribution >= 0.6 is 0 Å². The lowest BCUT2D eigenvalue weighted by Gasteiger charge is -2.13. The van der Waals surface area contributed by atoms with Crippen LogP contribution in [-0.2, 0) is 17.2 Å². The lowest BCUT2D eigenvalue weighted by molar-refractivity contribution is -0.137. The number of rotatable bonds is 3. The first kappa shape index (κ1) is 18.9. The minimum Gasteiger partial charge on any atom is -0.368 e. The average Bonchev–Trinajstić information content (AvgIpc) is 2.61. The number of nitrogen functional groups attached to an aromatic ring is 1. The van der Waals surface area contributed by atoms with Crippen molar-refractivity contribution in [3.05, 3.63) is 60.2 Å². The molecular weight excluding hydrogens is 384 g/mol. The molecule has 27 heavy (non-hydrogen) atoms. The van der Waals surface area contributed by atoms with Gasteiger partial charge in [-0.05, 0) is 29.3 Å². The Kier molecular flexibility index (Phi) is 4.94. The van der Waals surface area contributed by atoms with E-state index in [0.717, 1.165) is 18.2 Å². The van der Waals surface area contributed by atoms with Gasteiger partial charge in [0.25, 0.3) is 0 Å². The van der Waals surface area contributed by atoms with Gasteiger partial charge in [0.1, 0.15) is 16.8 Å². The molecule has 2 aromatic carbocycles. The molecule has 5 nitrogen and oxygen atoms in total. The van der Waals surface area contributed by atoms with Gasteiger partial charge in [0.05, 0.1) is 10.5 Å². The number of aromatic nitrogens is 2. The molecule has 0 saturated heterocycles. The highest BCUT2D eigenvalue weighted by atomic mass is 32.2. The fourth-order valence-electron chi connectivity index (χ4n) is 2.50. The Labute approximate surface area is 153 Å². The van der Waals surface area contributed by atoms with Crippen LogP contribution in [0.2, 0.25) is 0 Å². The van der Waals surface area contributed by atoms with Gasteiger partial charge in [-0.1, -0.05) is 18.2 Å². The zero-order valence-electron chi connectivity index (χ0n) is 13.5. The van der Waals surface area contributed by atoms with Crippen LogP contribution < -0.4 is 10.9 Å². The van der Waals surface area contributed by atoms with Crippen molar-refractivity contribution in [1.29, 1.82) is 0 Å². The van der Waals surface area contributed by atoms with Crippen molar-refractivity contribution in [2.75, 3.05) is 5.73 Å². The van der Waals surface area contributed by atoms with E-state index in [2.05, 4.69) is 9.97 Å². The summed E-state index contributed by atoms with van der Waals surface area (Å²) in [4.78, 5) is 7.33. The molecule has 1 heterocycles. The Balaban J connectivity index is 2.08. The first-order valence-corrected chi connectivity index (χ1v) is 8.63. The summed E-state index contributed by atoms with van der Waals surface area (Å²) in [7, 11) is -2.19. The summed E-state index contributed by atoms with van der Waals surface area (Å²) in [6.07, 6.45) is -1.92. The third kappa shape index (κ3) is 3.96. The van der Waals surface area contributed by atoms with Crippen molar-refractivity contribution in [2.24, 2.45) is 5.14 Å². The number of nitrogens with zero attached hydrogens (tertiary/aromatic N) is 2. The number of alkyl halides is 3. The Morgan fingerprint density at radius 2 is 1.56 bits per heavy atom. The molecule has 0 fully saturated rings. The molecular formula is C17H12F4N4OS. The third-order valence-corrected chi connectivity index (χ3v) is 4.56. The first-order valence-electron chi connectivity index (χ1n) is 7.42. The van der Waals surface area contributed by atoms with Crippen molar-refractivity contribution in [3.8, 4) is 22.3 Å².